The lowest BCUT2D eigenvalue weighted by Gasteiger charge is -2.42. The molecule has 8 nitrogen and oxygen atoms in total. The maximum Gasteiger partial charge on any atom is 0.410 e. The van der Waals surface area contributed by atoms with Gasteiger partial charge in [-0.15, -0.1) is 0 Å². The van der Waals surface area contributed by atoms with Crippen molar-refractivity contribution in [3.8, 4) is 0 Å². The van der Waals surface area contributed by atoms with Crippen LogP contribution in [0.3, 0.4) is 0 Å². The number of anilines is 1. The highest BCUT2D eigenvalue weighted by Crippen LogP contribution is 2.33. The predicted molar refractivity (Wildman–Crippen MR) is 146 cm³/mol. The topological polar surface area (TPSA) is 82.2 Å². The Hall–Kier alpha value is -3.55. The maximum atomic E-state index is 14.1. The molecular weight excluding hydrogens is 480 g/mol. The van der Waals surface area contributed by atoms with Crippen molar-refractivity contribution in [1.29, 1.82) is 0 Å². The Labute approximate surface area is 224 Å². The lowest BCUT2D eigenvalue weighted by Crippen LogP contribution is -2.53. The average Bonchev–Trinajstić information content (AvgIpc) is 3.66. The van der Waals surface area contributed by atoms with Crippen molar-refractivity contribution in [2.24, 2.45) is 5.92 Å². The van der Waals surface area contributed by atoms with Gasteiger partial charge in [0.25, 0.3) is 5.91 Å². The first-order valence-electron chi connectivity index (χ1n) is 13.7. The van der Waals surface area contributed by atoms with Gasteiger partial charge >= 0.3 is 6.09 Å². The van der Waals surface area contributed by atoms with Gasteiger partial charge in [-0.3, -0.25) is 9.59 Å². The van der Waals surface area contributed by atoms with E-state index in [1.807, 2.05) is 80.3 Å². The van der Waals surface area contributed by atoms with Crippen LogP contribution in [0.2, 0.25) is 0 Å². The van der Waals surface area contributed by atoms with E-state index in [-0.39, 0.29) is 35.9 Å². The van der Waals surface area contributed by atoms with Crippen molar-refractivity contribution in [3.63, 3.8) is 0 Å². The van der Waals surface area contributed by atoms with E-state index in [1.165, 1.54) is 0 Å². The molecule has 38 heavy (non-hydrogen) atoms. The third kappa shape index (κ3) is 5.95. The molecule has 0 radical (unpaired) electrons. The number of amides is 3. The van der Waals surface area contributed by atoms with Crippen molar-refractivity contribution >= 4 is 23.6 Å². The highest BCUT2D eigenvalue weighted by atomic mass is 16.6. The summed E-state index contributed by atoms with van der Waals surface area (Å²) in [5.74, 6) is 0.297. The van der Waals surface area contributed by atoms with E-state index in [9.17, 15) is 14.4 Å². The van der Waals surface area contributed by atoms with E-state index in [0.29, 0.717) is 31.7 Å². The van der Waals surface area contributed by atoms with Gasteiger partial charge < -0.3 is 24.8 Å². The van der Waals surface area contributed by atoms with E-state index in [4.69, 9.17) is 4.74 Å². The minimum Gasteiger partial charge on any atom is -0.444 e. The fourth-order valence-corrected chi connectivity index (χ4v) is 5.33. The average molecular weight is 519 g/mol. The SMILES string of the molecule is CC(C)(C)OC(=O)N1CCN(C(=O)c2ccccc2N2CCC(NC(=O)C3CC3)C2)C(c2ccccc2)C1. The molecule has 3 fully saturated rings. The number of nitrogens with one attached hydrogen (secondary N) is 1. The van der Waals surface area contributed by atoms with Gasteiger partial charge in [0.1, 0.15) is 5.60 Å². The largest absolute Gasteiger partial charge is 0.444 e. The number of para-hydroxylation sites is 1. The summed E-state index contributed by atoms with van der Waals surface area (Å²) in [6, 6.07) is 17.4. The summed E-state index contributed by atoms with van der Waals surface area (Å²) in [6.07, 6.45) is 2.48. The molecule has 2 unspecified atom stereocenters. The lowest BCUT2D eigenvalue weighted by atomic mass is 10.0. The lowest BCUT2D eigenvalue weighted by molar-refractivity contribution is -0.122. The zero-order valence-corrected chi connectivity index (χ0v) is 22.6. The Balaban J connectivity index is 1.35. The van der Waals surface area contributed by atoms with Gasteiger partial charge in [-0.2, -0.15) is 0 Å². The van der Waals surface area contributed by atoms with E-state index in [2.05, 4.69) is 10.2 Å². The van der Waals surface area contributed by atoms with Crippen LogP contribution in [0, 0.1) is 5.92 Å². The molecule has 2 saturated heterocycles. The molecule has 1 N–H and O–H groups in total. The molecule has 2 aliphatic heterocycles. The summed E-state index contributed by atoms with van der Waals surface area (Å²) in [6.45, 7) is 8.23. The number of rotatable bonds is 5. The highest BCUT2D eigenvalue weighted by Gasteiger charge is 2.37. The number of ether oxygens (including phenoxy) is 1. The molecule has 1 aliphatic carbocycles. The van der Waals surface area contributed by atoms with Crippen molar-refractivity contribution in [2.75, 3.05) is 37.6 Å². The van der Waals surface area contributed by atoms with Gasteiger partial charge in [-0.25, -0.2) is 4.79 Å². The number of piperazine rings is 1. The first-order chi connectivity index (χ1) is 18.2. The fourth-order valence-electron chi connectivity index (χ4n) is 5.33. The number of carbonyl (C=O) groups excluding carboxylic acids is 3. The molecule has 3 amide bonds. The minimum absolute atomic E-state index is 0.0521. The van der Waals surface area contributed by atoms with Crippen molar-refractivity contribution < 1.29 is 19.1 Å². The van der Waals surface area contributed by atoms with Gasteiger partial charge in [0, 0.05) is 50.4 Å². The predicted octanol–water partition coefficient (Wildman–Crippen LogP) is 4.23. The number of hydrogen-bond donors (Lipinski definition) is 1. The van der Waals surface area contributed by atoms with Gasteiger partial charge in [0.15, 0.2) is 0 Å². The molecule has 2 atom stereocenters. The van der Waals surface area contributed by atoms with Gasteiger partial charge in [0.05, 0.1) is 11.6 Å². The monoisotopic (exact) mass is 518 g/mol. The number of nitrogens with zero attached hydrogens (tertiary/aromatic N) is 3. The maximum absolute atomic E-state index is 14.1. The third-order valence-corrected chi connectivity index (χ3v) is 7.44. The van der Waals surface area contributed by atoms with Crippen LogP contribution < -0.4 is 10.2 Å². The standard InChI is InChI=1S/C30H38N4O4/c1-30(2,3)38-29(37)33-17-18-34(26(20-33)21-9-5-4-6-10-21)28(36)24-11-7-8-12-25(24)32-16-15-23(19-32)31-27(35)22-13-14-22/h4-12,22-23,26H,13-20H2,1-3H3,(H,31,35). The molecule has 1 saturated carbocycles. The van der Waals surface area contributed by atoms with Crippen LogP contribution in [-0.4, -0.2) is 72.1 Å². The molecule has 2 aromatic rings. The first kappa shape index (κ1) is 26.1. The van der Waals surface area contributed by atoms with Crippen LogP contribution in [0.1, 0.15) is 62.0 Å². The van der Waals surface area contributed by atoms with Crippen molar-refractivity contribution in [3.05, 3.63) is 65.7 Å². The zero-order chi connectivity index (χ0) is 26.9. The summed E-state index contributed by atoms with van der Waals surface area (Å²) in [7, 11) is 0. The number of hydrogen-bond acceptors (Lipinski definition) is 5. The quantitative estimate of drug-likeness (QED) is 0.641. The molecule has 5 rings (SSSR count). The second-order valence-electron chi connectivity index (χ2n) is 11.6. The van der Waals surface area contributed by atoms with Gasteiger partial charge in [-0.05, 0) is 57.7 Å². The van der Waals surface area contributed by atoms with Crippen LogP contribution in [0.4, 0.5) is 10.5 Å². The minimum atomic E-state index is -0.586. The molecule has 0 bridgehead atoms. The van der Waals surface area contributed by atoms with Crippen LogP contribution in [0.5, 0.6) is 0 Å². The Morgan fingerprint density at radius 3 is 2.29 bits per heavy atom. The van der Waals surface area contributed by atoms with Gasteiger partial charge in [-0.1, -0.05) is 42.5 Å². The zero-order valence-electron chi connectivity index (χ0n) is 22.6. The van der Waals surface area contributed by atoms with E-state index >= 15 is 0 Å². The Bertz CT molecular complexity index is 1170. The van der Waals surface area contributed by atoms with E-state index < -0.39 is 5.60 Å². The Morgan fingerprint density at radius 2 is 1.58 bits per heavy atom. The molecule has 2 heterocycles. The van der Waals surface area contributed by atoms with E-state index in [1.54, 1.807) is 4.90 Å². The van der Waals surface area contributed by atoms with Crippen LogP contribution in [0.15, 0.2) is 54.6 Å². The fraction of sp³-hybridized carbons (Fsp3) is 0.500. The second kappa shape index (κ2) is 10.7. The van der Waals surface area contributed by atoms with Crippen LogP contribution in [0.25, 0.3) is 0 Å². The number of carbonyl (C=O) groups is 3. The van der Waals surface area contributed by atoms with E-state index in [0.717, 1.165) is 37.1 Å². The molecule has 202 valence electrons. The number of benzene rings is 2. The summed E-state index contributed by atoms with van der Waals surface area (Å²) in [4.78, 5) is 45.1. The third-order valence-electron chi connectivity index (χ3n) is 7.44. The smallest absolute Gasteiger partial charge is 0.410 e. The molecule has 3 aliphatic rings. The molecule has 8 heteroatoms. The summed E-state index contributed by atoms with van der Waals surface area (Å²) < 4.78 is 5.63. The molecular formula is C30H38N4O4. The molecule has 0 aromatic heterocycles. The molecule has 2 aromatic carbocycles. The molecule has 0 spiro atoms. The second-order valence-corrected chi connectivity index (χ2v) is 11.6. The summed E-state index contributed by atoms with van der Waals surface area (Å²) in [5, 5.41) is 3.19. The Morgan fingerprint density at radius 1 is 0.868 bits per heavy atom. The summed E-state index contributed by atoms with van der Waals surface area (Å²) in [5.41, 5.74) is 1.93. The first-order valence-corrected chi connectivity index (χ1v) is 13.7. The normalized spacial score (nSPS) is 21.8. The highest BCUT2D eigenvalue weighted by molar-refractivity contribution is 6.00. The van der Waals surface area contributed by atoms with Crippen molar-refractivity contribution in [2.45, 2.75) is 57.7 Å². The van der Waals surface area contributed by atoms with Gasteiger partial charge in [0.2, 0.25) is 5.91 Å². The van der Waals surface area contributed by atoms with Crippen LogP contribution >= 0.6 is 0 Å². The Kier molecular flexibility index (Phi) is 7.32. The van der Waals surface area contributed by atoms with Crippen molar-refractivity contribution in [1.82, 2.24) is 15.1 Å². The summed E-state index contributed by atoms with van der Waals surface area (Å²) >= 11 is 0. The van der Waals surface area contributed by atoms with Crippen LogP contribution in [-0.2, 0) is 9.53 Å².